The fourth-order valence-corrected chi connectivity index (χ4v) is 6.70. The van der Waals surface area contributed by atoms with E-state index in [0.29, 0.717) is 17.4 Å². The van der Waals surface area contributed by atoms with E-state index in [2.05, 4.69) is 26.8 Å². The molecule has 4 aromatic rings. The van der Waals surface area contributed by atoms with Crippen molar-refractivity contribution in [3.05, 3.63) is 53.5 Å². The van der Waals surface area contributed by atoms with E-state index in [0.717, 1.165) is 60.2 Å². The second-order valence-electron chi connectivity index (χ2n) is 11.0. The van der Waals surface area contributed by atoms with E-state index in [1.54, 1.807) is 32.7 Å². The zero-order valence-corrected chi connectivity index (χ0v) is 22.6. The number of methoxy groups -OCH3 is 1. The summed E-state index contributed by atoms with van der Waals surface area (Å²) in [4.78, 5) is 20.0. The lowest BCUT2D eigenvalue weighted by Gasteiger charge is -2.40. The smallest absolute Gasteiger partial charge is 0.434 e. The maximum absolute atomic E-state index is 13.2. The third-order valence-corrected chi connectivity index (χ3v) is 8.57. The Labute approximate surface area is 229 Å². The summed E-state index contributed by atoms with van der Waals surface area (Å²) < 4.78 is 48.7. The molecule has 2 aliphatic heterocycles. The number of fused-ring (bicyclic) bond motifs is 4. The number of aryl methyl sites for hydroxylation is 2. The zero-order chi connectivity index (χ0) is 27.9. The van der Waals surface area contributed by atoms with Gasteiger partial charge in [-0.05, 0) is 37.8 Å². The van der Waals surface area contributed by atoms with Crippen LogP contribution in [-0.4, -0.2) is 47.4 Å². The van der Waals surface area contributed by atoms with Crippen molar-refractivity contribution in [2.75, 3.05) is 12.0 Å². The minimum absolute atomic E-state index is 0.0419. The van der Waals surface area contributed by atoms with Crippen LogP contribution in [0.5, 0.6) is 5.88 Å². The topological polar surface area (TPSA) is 86.8 Å². The number of alkyl halides is 3. The van der Waals surface area contributed by atoms with Gasteiger partial charge in [-0.15, -0.1) is 0 Å². The van der Waals surface area contributed by atoms with Gasteiger partial charge in [-0.25, -0.2) is 19.9 Å². The molecule has 0 aromatic carbocycles. The van der Waals surface area contributed by atoms with Gasteiger partial charge in [0.1, 0.15) is 23.7 Å². The molecule has 2 bridgehead atoms. The third kappa shape index (κ3) is 3.71. The molecule has 0 radical (unpaired) electrons. The van der Waals surface area contributed by atoms with Crippen molar-refractivity contribution in [1.29, 1.82) is 0 Å². The average Bonchev–Trinajstić information content (AvgIpc) is 3.46. The maximum atomic E-state index is 13.2. The molecule has 3 unspecified atom stereocenters. The Hall–Kier alpha value is -3.96. The van der Waals surface area contributed by atoms with Crippen molar-refractivity contribution >= 4 is 5.82 Å². The third-order valence-electron chi connectivity index (χ3n) is 8.57. The largest absolute Gasteiger partial charge is 0.480 e. The Kier molecular flexibility index (Phi) is 5.49. The van der Waals surface area contributed by atoms with E-state index in [1.165, 1.54) is 10.3 Å². The summed E-state index contributed by atoms with van der Waals surface area (Å²) in [7, 11) is 5.18. The Balaban J connectivity index is 1.30. The van der Waals surface area contributed by atoms with E-state index in [1.807, 2.05) is 17.8 Å². The standard InChI is InChI=1S/C28H29F3N8O/c1-14-17-8-9-18(39(17)20-10-7-16(11-32-20)26-35-19(12-37(26)2)28(29,30)31)21-24(36-38(3)25(14)21)22-23(15-5-6-15)33-13-34-27(22)40-4/h7,10-15,17-18H,5-6,8-9H2,1-4H3. The molecule has 4 aromatic heterocycles. The Bertz CT molecular complexity index is 1600. The number of halogens is 3. The van der Waals surface area contributed by atoms with Crippen LogP contribution in [0.1, 0.15) is 73.1 Å². The van der Waals surface area contributed by atoms with Crippen LogP contribution in [0, 0.1) is 0 Å². The molecule has 7 rings (SSSR count). The van der Waals surface area contributed by atoms with Crippen LogP contribution in [0.15, 0.2) is 30.9 Å². The molecule has 6 heterocycles. The lowest BCUT2D eigenvalue weighted by atomic mass is 9.87. The van der Waals surface area contributed by atoms with Gasteiger partial charge in [0.25, 0.3) is 0 Å². The van der Waals surface area contributed by atoms with Gasteiger partial charge >= 0.3 is 6.18 Å². The van der Waals surface area contributed by atoms with E-state index in [4.69, 9.17) is 14.8 Å². The van der Waals surface area contributed by atoms with Gasteiger partial charge in [-0.3, -0.25) is 4.68 Å². The first kappa shape index (κ1) is 25.0. The van der Waals surface area contributed by atoms with Gasteiger partial charge in [-0.2, -0.15) is 18.3 Å². The van der Waals surface area contributed by atoms with Gasteiger partial charge in [0, 0.05) is 61.2 Å². The molecule has 0 amide bonds. The number of ether oxygens (including phenoxy) is 1. The Morgan fingerprint density at radius 2 is 1.82 bits per heavy atom. The number of pyridine rings is 1. The van der Waals surface area contributed by atoms with Crippen LogP contribution in [0.25, 0.3) is 22.6 Å². The van der Waals surface area contributed by atoms with Crippen molar-refractivity contribution in [2.24, 2.45) is 14.1 Å². The zero-order valence-electron chi connectivity index (χ0n) is 22.6. The molecular weight excluding hydrogens is 521 g/mol. The predicted octanol–water partition coefficient (Wildman–Crippen LogP) is 5.40. The predicted molar refractivity (Wildman–Crippen MR) is 141 cm³/mol. The first-order chi connectivity index (χ1) is 19.2. The Morgan fingerprint density at radius 1 is 1.02 bits per heavy atom. The summed E-state index contributed by atoms with van der Waals surface area (Å²) in [6, 6.07) is 3.95. The molecule has 12 heteroatoms. The normalized spacial score (nSPS) is 22.1. The van der Waals surface area contributed by atoms with Gasteiger partial charge < -0.3 is 14.2 Å². The fourth-order valence-electron chi connectivity index (χ4n) is 6.70. The molecule has 1 saturated carbocycles. The monoisotopic (exact) mass is 550 g/mol. The highest BCUT2D eigenvalue weighted by Gasteiger charge is 2.49. The molecule has 9 nitrogen and oxygen atoms in total. The number of aromatic nitrogens is 7. The molecule has 3 atom stereocenters. The average molecular weight is 551 g/mol. The van der Waals surface area contributed by atoms with Crippen molar-refractivity contribution in [1.82, 2.24) is 34.3 Å². The molecule has 208 valence electrons. The van der Waals surface area contributed by atoms with Crippen molar-refractivity contribution in [2.45, 2.75) is 62.7 Å². The van der Waals surface area contributed by atoms with Crippen LogP contribution in [0.3, 0.4) is 0 Å². The lowest BCUT2D eigenvalue weighted by molar-refractivity contribution is -0.140. The number of anilines is 1. The number of imidazole rings is 1. The van der Waals surface area contributed by atoms with Crippen LogP contribution in [-0.2, 0) is 20.3 Å². The molecule has 40 heavy (non-hydrogen) atoms. The van der Waals surface area contributed by atoms with Gasteiger partial charge in [-0.1, -0.05) is 6.92 Å². The second kappa shape index (κ2) is 8.77. The highest BCUT2D eigenvalue weighted by atomic mass is 19.4. The second-order valence-corrected chi connectivity index (χ2v) is 11.0. The van der Waals surface area contributed by atoms with Crippen molar-refractivity contribution in [3.63, 3.8) is 0 Å². The van der Waals surface area contributed by atoms with Crippen LogP contribution in [0.2, 0.25) is 0 Å². The Morgan fingerprint density at radius 3 is 2.48 bits per heavy atom. The lowest BCUT2D eigenvalue weighted by Crippen LogP contribution is -2.40. The van der Waals surface area contributed by atoms with Crippen molar-refractivity contribution < 1.29 is 17.9 Å². The van der Waals surface area contributed by atoms with Crippen molar-refractivity contribution in [3.8, 4) is 28.5 Å². The molecule has 1 saturated heterocycles. The summed E-state index contributed by atoms with van der Waals surface area (Å²) in [5.74, 6) is 2.11. The first-order valence-electron chi connectivity index (χ1n) is 13.5. The van der Waals surface area contributed by atoms with Crippen LogP contribution < -0.4 is 9.64 Å². The summed E-state index contributed by atoms with van der Waals surface area (Å²) in [6.07, 6.45) is 3.79. The summed E-state index contributed by atoms with van der Waals surface area (Å²) in [5, 5.41) is 5.03. The van der Waals surface area contributed by atoms with Crippen LogP contribution in [0.4, 0.5) is 19.0 Å². The molecule has 2 fully saturated rings. The summed E-state index contributed by atoms with van der Waals surface area (Å²) in [5.41, 5.74) is 4.70. The molecular formula is C28H29F3N8O. The SMILES string of the molecule is COc1ncnc(C2CC2)c1-c1nn(C)c2c1C1CCC(C2C)N1c1ccc(-c2nc(C(F)(F)F)cn2C)cn1. The molecule has 0 N–H and O–H groups in total. The van der Waals surface area contributed by atoms with E-state index in [-0.39, 0.29) is 23.8 Å². The van der Waals surface area contributed by atoms with Gasteiger partial charge in [0.05, 0.1) is 24.4 Å². The number of hydrogen-bond acceptors (Lipinski definition) is 7. The van der Waals surface area contributed by atoms with E-state index in [9.17, 15) is 13.2 Å². The van der Waals surface area contributed by atoms with E-state index >= 15 is 0 Å². The molecule has 0 spiro atoms. The highest BCUT2D eigenvalue weighted by Crippen LogP contribution is 2.55. The number of nitrogens with zero attached hydrogens (tertiary/aromatic N) is 8. The van der Waals surface area contributed by atoms with Crippen LogP contribution >= 0.6 is 0 Å². The highest BCUT2D eigenvalue weighted by molar-refractivity contribution is 5.75. The fraction of sp³-hybridized carbons (Fsp3) is 0.464. The number of rotatable bonds is 5. The van der Waals surface area contributed by atoms with Gasteiger partial charge in [0.15, 0.2) is 5.69 Å². The summed E-state index contributed by atoms with van der Waals surface area (Å²) >= 11 is 0. The van der Waals surface area contributed by atoms with E-state index < -0.39 is 11.9 Å². The maximum Gasteiger partial charge on any atom is 0.434 e. The number of hydrogen-bond donors (Lipinski definition) is 0. The summed E-state index contributed by atoms with van der Waals surface area (Å²) in [6.45, 7) is 2.23. The molecule has 3 aliphatic rings. The van der Waals surface area contributed by atoms with Gasteiger partial charge in [0.2, 0.25) is 5.88 Å². The minimum atomic E-state index is -4.50. The molecule has 1 aliphatic carbocycles. The minimum Gasteiger partial charge on any atom is -0.480 e. The quantitative estimate of drug-likeness (QED) is 0.329. The first-order valence-corrected chi connectivity index (χ1v) is 13.5.